The van der Waals surface area contributed by atoms with E-state index in [0.29, 0.717) is 5.92 Å². The van der Waals surface area contributed by atoms with E-state index in [1.165, 1.54) is 11.1 Å². The van der Waals surface area contributed by atoms with Crippen LogP contribution in [-0.4, -0.2) is 10.3 Å². The van der Waals surface area contributed by atoms with Crippen molar-refractivity contribution in [3.8, 4) is 0 Å². The zero-order chi connectivity index (χ0) is 13.0. The minimum absolute atomic E-state index is 0.356. The average Bonchev–Trinajstić information content (AvgIpc) is 2.37. The molecule has 1 heterocycles. The van der Waals surface area contributed by atoms with Crippen molar-refractivity contribution in [2.45, 2.75) is 12.3 Å². The van der Waals surface area contributed by atoms with Crippen LogP contribution in [0.2, 0.25) is 5.02 Å². The summed E-state index contributed by atoms with van der Waals surface area (Å²) in [6.07, 6.45) is 4.61. The Kier molecular flexibility index (Phi) is 5.22. The summed E-state index contributed by atoms with van der Waals surface area (Å²) in [6.45, 7) is 0. The molecule has 4 heteroatoms. The molecule has 0 saturated carbocycles. The molecule has 1 aromatic carbocycles. The van der Waals surface area contributed by atoms with Gasteiger partial charge in [0, 0.05) is 27.2 Å². The molecular formula is C14H12Br2ClN. The molecule has 1 unspecified atom stereocenters. The Bertz CT molecular complexity index is 531. The zero-order valence-electron chi connectivity index (χ0n) is 9.61. The second-order valence-electron chi connectivity index (χ2n) is 4.09. The zero-order valence-corrected chi connectivity index (χ0v) is 13.5. The number of halogens is 3. The highest BCUT2D eigenvalue weighted by Crippen LogP contribution is 2.29. The third kappa shape index (κ3) is 3.56. The topological polar surface area (TPSA) is 12.9 Å². The molecular weight excluding hydrogens is 377 g/mol. The lowest BCUT2D eigenvalue weighted by atomic mass is 9.94. The van der Waals surface area contributed by atoms with Crippen molar-refractivity contribution in [1.82, 2.24) is 4.98 Å². The number of benzene rings is 1. The van der Waals surface area contributed by atoms with E-state index in [9.17, 15) is 0 Å². The molecule has 1 nitrogen and oxygen atoms in total. The van der Waals surface area contributed by atoms with E-state index < -0.39 is 0 Å². The standard InChI is InChI=1S/C14H12Br2ClN/c15-7-11(13-3-1-2-4-14(13)17)5-10-6-12(16)9-18-8-10/h1-4,6,8-9,11H,5,7H2. The van der Waals surface area contributed by atoms with Crippen LogP contribution in [0, 0.1) is 0 Å². The summed E-state index contributed by atoms with van der Waals surface area (Å²) >= 11 is 13.3. The smallest absolute Gasteiger partial charge is 0.0441 e. The Morgan fingerprint density at radius 1 is 1.22 bits per heavy atom. The van der Waals surface area contributed by atoms with Gasteiger partial charge in [-0.15, -0.1) is 0 Å². The summed E-state index contributed by atoms with van der Waals surface area (Å²) in [4.78, 5) is 4.19. The SMILES string of the molecule is Clc1ccccc1C(CBr)Cc1cncc(Br)c1. The van der Waals surface area contributed by atoms with Crippen molar-refractivity contribution < 1.29 is 0 Å². The molecule has 0 aliphatic heterocycles. The lowest BCUT2D eigenvalue weighted by Gasteiger charge is -2.16. The highest BCUT2D eigenvalue weighted by Gasteiger charge is 2.14. The molecule has 0 spiro atoms. The Hall–Kier alpha value is -0.380. The number of hydrogen-bond donors (Lipinski definition) is 0. The lowest BCUT2D eigenvalue weighted by molar-refractivity contribution is 0.772. The van der Waals surface area contributed by atoms with E-state index in [4.69, 9.17) is 11.6 Å². The first-order valence-corrected chi connectivity index (χ1v) is 7.89. The van der Waals surface area contributed by atoms with Crippen molar-refractivity contribution in [1.29, 1.82) is 0 Å². The fourth-order valence-corrected chi connectivity index (χ4v) is 3.19. The number of pyridine rings is 1. The molecule has 0 aliphatic rings. The van der Waals surface area contributed by atoms with E-state index in [0.717, 1.165) is 21.2 Å². The van der Waals surface area contributed by atoms with Crippen LogP contribution >= 0.6 is 43.5 Å². The summed E-state index contributed by atoms with van der Waals surface area (Å²) in [7, 11) is 0. The summed E-state index contributed by atoms with van der Waals surface area (Å²) in [5.41, 5.74) is 2.38. The highest BCUT2D eigenvalue weighted by molar-refractivity contribution is 9.10. The Balaban J connectivity index is 2.23. The maximum Gasteiger partial charge on any atom is 0.0441 e. The fraction of sp³-hybridized carbons (Fsp3) is 0.214. The number of alkyl halides is 1. The van der Waals surface area contributed by atoms with Crippen LogP contribution in [0.5, 0.6) is 0 Å². The monoisotopic (exact) mass is 387 g/mol. The maximum absolute atomic E-state index is 6.25. The van der Waals surface area contributed by atoms with Gasteiger partial charge in [-0.2, -0.15) is 0 Å². The third-order valence-corrected chi connectivity index (χ3v) is 4.33. The van der Waals surface area contributed by atoms with Gasteiger partial charge < -0.3 is 0 Å². The molecule has 0 amide bonds. The van der Waals surface area contributed by atoms with Crippen LogP contribution in [0.15, 0.2) is 47.2 Å². The molecule has 2 aromatic rings. The molecule has 0 fully saturated rings. The highest BCUT2D eigenvalue weighted by atomic mass is 79.9. The molecule has 1 aromatic heterocycles. The molecule has 0 radical (unpaired) electrons. The number of rotatable bonds is 4. The second kappa shape index (κ2) is 6.69. The molecule has 0 aliphatic carbocycles. The van der Waals surface area contributed by atoms with E-state index in [-0.39, 0.29) is 0 Å². The van der Waals surface area contributed by atoms with E-state index >= 15 is 0 Å². The van der Waals surface area contributed by atoms with Gasteiger partial charge >= 0.3 is 0 Å². The predicted molar refractivity (Wildman–Crippen MR) is 83.6 cm³/mol. The lowest BCUT2D eigenvalue weighted by Crippen LogP contribution is -2.05. The quantitative estimate of drug-likeness (QED) is 0.654. The van der Waals surface area contributed by atoms with E-state index in [1.54, 1.807) is 6.20 Å². The Morgan fingerprint density at radius 2 is 2.00 bits per heavy atom. The van der Waals surface area contributed by atoms with Gasteiger partial charge in [0.2, 0.25) is 0 Å². The largest absolute Gasteiger partial charge is 0.263 e. The predicted octanol–water partition coefficient (Wildman–Crippen LogP) is 5.22. The van der Waals surface area contributed by atoms with Crippen LogP contribution in [-0.2, 0) is 6.42 Å². The molecule has 18 heavy (non-hydrogen) atoms. The number of nitrogens with zero attached hydrogens (tertiary/aromatic N) is 1. The average molecular weight is 390 g/mol. The van der Waals surface area contributed by atoms with Crippen LogP contribution in [0.1, 0.15) is 17.0 Å². The molecule has 2 rings (SSSR count). The van der Waals surface area contributed by atoms with E-state index in [1.807, 2.05) is 24.4 Å². The minimum Gasteiger partial charge on any atom is -0.263 e. The van der Waals surface area contributed by atoms with Crippen molar-refractivity contribution >= 4 is 43.5 Å². The number of aromatic nitrogens is 1. The van der Waals surface area contributed by atoms with Gasteiger partial charge in [-0.25, -0.2) is 0 Å². The summed E-state index contributed by atoms with van der Waals surface area (Å²) in [6, 6.07) is 10.1. The first kappa shape index (κ1) is 14.0. The second-order valence-corrected chi connectivity index (χ2v) is 6.06. The Labute approximate surface area is 129 Å². The van der Waals surface area contributed by atoms with Gasteiger partial charge in [-0.1, -0.05) is 45.7 Å². The van der Waals surface area contributed by atoms with Gasteiger partial charge in [0.05, 0.1) is 0 Å². The van der Waals surface area contributed by atoms with Crippen LogP contribution < -0.4 is 0 Å². The normalized spacial score (nSPS) is 12.4. The van der Waals surface area contributed by atoms with Crippen molar-refractivity contribution in [3.05, 3.63) is 63.3 Å². The molecule has 0 N–H and O–H groups in total. The van der Waals surface area contributed by atoms with Gasteiger partial charge in [-0.3, -0.25) is 4.98 Å². The third-order valence-electron chi connectivity index (χ3n) is 2.77. The first-order valence-electron chi connectivity index (χ1n) is 5.60. The van der Waals surface area contributed by atoms with Crippen LogP contribution in [0.3, 0.4) is 0 Å². The van der Waals surface area contributed by atoms with Gasteiger partial charge in [-0.05, 0) is 51.5 Å². The molecule has 1 atom stereocenters. The summed E-state index contributed by atoms with van der Waals surface area (Å²) in [5.74, 6) is 0.356. The van der Waals surface area contributed by atoms with Crippen molar-refractivity contribution in [2.75, 3.05) is 5.33 Å². The van der Waals surface area contributed by atoms with Gasteiger partial charge in [0.1, 0.15) is 0 Å². The molecule has 0 saturated heterocycles. The summed E-state index contributed by atoms with van der Waals surface area (Å²) < 4.78 is 1.01. The van der Waals surface area contributed by atoms with Gasteiger partial charge in [0.15, 0.2) is 0 Å². The fourth-order valence-electron chi connectivity index (χ4n) is 1.91. The minimum atomic E-state index is 0.356. The van der Waals surface area contributed by atoms with Gasteiger partial charge in [0.25, 0.3) is 0 Å². The summed E-state index contributed by atoms with van der Waals surface area (Å²) in [5, 5.41) is 1.70. The maximum atomic E-state index is 6.25. The Morgan fingerprint density at radius 3 is 2.67 bits per heavy atom. The number of hydrogen-bond acceptors (Lipinski definition) is 1. The first-order chi connectivity index (χ1) is 8.70. The van der Waals surface area contributed by atoms with E-state index in [2.05, 4.69) is 49.0 Å². The molecule has 0 bridgehead atoms. The van der Waals surface area contributed by atoms with Crippen molar-refractivity contribution in [3.63, 3.8) is 0 Å². The van der Waals surface area contributed by atoms with Crippen LogP contribution in [0.4, 0.5) is 0 Å². The molecule has 94 valence electrons. The van der Waals surface area contributed by atoms with Crippen molar-refractivity contribution in [2.24, 2.45) is 0 Å². The van der Waals surface area contributed by atoms with Crippen LogP contribution in [0.25, 0.3) is 0 Å².